The van der Waals surface area contributed by atoms with Crippen LogP contribution in [0.4, 0.5) is 8.78 Å². The van der Waals surface area contributed by atoms with Crippen molar-refractivity contribution in [2.75, 3.05) is 33.7 Å². The average molecular weight is 393 g/mol. The van der Waals surface area contributed by atoms with Crippen LogP contribution in [-0.2, 0) is 9.53 Å². The Kier molecular flexibility index (Phi) is 4.46. The Labute approximate surface area is 162 Å². The zero-order valence-corrected chi connectivity index (χ0v) is 16.1. The molecule has 4 aliphatic rings. The Morgan fingerprint density at radius 2 is 1.89 bits per heavy atom. The zero-order chi connectivity index (χ0) is 20.2. The second kappa shape index (κ2) is 6.49. The van der Waals surface area contributed by atoms with Crippen LogP contribution in [0.25, 0.3) is 0 Å². The van der Waals surface area contributed by atoms with Crippen molar-refractivity contribution in [2.45, 2.75) is 36.9 Å². The maximum atomic E-state index is 13.9. The highest BCUT2D eigenvalue weighted by molar-refractivity contribution is 5.94. The number of hydrogen-bond donors (Lipinski definition) is 2. The van der Waals surface area contributed by atoms with Gasteiger partial charge in [0.2, 0.25) is 5.91 Å². The Bertz CT molecular complexity index is 815. The molecule has 0 radical (unpaired) electrons. The molecule has 28 heavy (non-hydrogen) atoms. The van der Waals surface area contributed by atoms with E-state index in [1.807, 2.05) is 0 Å². The van der Waals surface area contributed by atoms with E-state index in [4.69, 9.17) is 4.74 Å². The molecule has 3 saturated heterocycles. The molecular weight excluding hydrogens is 368 g/mol. The highest BCUT2D eigenvalue weighted by Crippen LogP contribution is 2.69. The molecule has 0 unspecified atom stereocenters. The van der Waals surface area contributed by atoms with Gasteiger partial charge in [0.25, 0.3) is 5.91 Å². The molecule has 3 aliphatic heterocycles. The van der Waals surface area contributed by atoms with Gasteiger partial charge in [-0.25, -0.2) is 8.78 Å². The quantitative estimate of drug-likeness (QED) is 0.813. The van der Waals surface area contributed by atoms with Crippen molar-refractivity contribution >= 4 is 11.8 Å². The van der Waals surface area contributed by atoms with E-state index in [1.165, 1.54) is 0 Å². The normalized spacial score (nSPS) is 30.0. The fourth-order valence-electron chi connectivity index (χ4n) is 5.31. The molecule has 1 aliphatic carbocycles. The summed E-state index contributed by atoms with van der Waals surface area (Å²) in [6, 6.07) is 2.87. The van der Waals surface area contributed by atoms with Crippen molar-refractivity contribution in [1.82, 2.24) is 15.5 Å². The van der Waals surface area contributed by atoms with E-state index in [-0.39, 0.29) is 18.0 Å². The average Bonchev–Trinajstić information content (AvgIpc) is 3.03. The maximum Gasteiger partial charge on any atom is 0.254 e. The van der Waals surface area contributed by atoms with Gasteiger partial charge in [0.1, 0.15) is 11.6 Å². The van der Waals surface area contributed by atoms with E-state index in [2.05, 4.69) is 10.6 Å². The molecule has 1 aromatic rings. The van der Waals surface area contributed by atoms with Crippen molar-refractivity contribution in [3.05, 3.63) is 35.4 Å². The predicted octanol–water partition coefficient (Wildman–Crippen LogP) is 1.45. The Morgan fingerprint density at radius 3 is 2.50 bits per heavy atom. The number of amides is 2. The molecule has 3 heterocycles. The van der Waals surface area contributed by atoms with Gasteiger partial charge >= 0.3 is 0 Å². The zero-order valence-electron chi connectivity index (χ0n) is 16.1. The van der Waals surface area contributed by atoms with E-state index in [0.29, 0.717) is 18.9 Å². The van der Waals surface area contributed by atoms with Crippen LogP contribution in [0, 0.1) is 17.0 Å². The number of nitrogens with one attached hydrogen (secondary N) is 2. The van der Waals surface area contributed by atoms with Gasteiger partial charge in [-0.3, -0.25) is 9.59 Å². The Hall–Kier alpha value is -2.06. The summed E-state index contributed by atoms with van der Waals surface area (Å²) in [5, 5.41) is 6.03. The van der Waals surface area contributed by atoms with Gasteiger partial charge in [0, 0.05) is 26.7 Å². The number of benzene rings is 1. The first-order valence-corrected chi connectivity index (χ1v) is 9.59. The van der Waals surface area contributed by atoms with Gasteiger partial charge in [0.15, 0.2) is 0 Å². The molecule has 4 fully saturated rings. The van der Waals surface area contributed by atoms with Crippen LogP contribution < -0.4 is 10.6 Å². The van der Waals surface area contributed by atoms with E-state index in [1.54, 1.807) is 19.0 Å². The van der Waals surface area contributed by atoms with Gasteiger partial charge in [-0.15, -0.1) is 0 Å². The minimum absolute atomic E-state index is 0.0680. The van der Waals surface area contributed by atoms with E-state index >= 15 is 0 Å². The topological polar surface area (TPSA) is 70.7 Å². The maximum absolute atomic E-state index is 13.9. The number of halogens is 2. The lowest BCUT2D eigenvalue weighted by Gasteiger charge is -2.49. The second-order valence-corrected chi connectivity index (χ2v) is 8.47. The molecule has 152 valence electrons. The highest BCUT2D eigenvalue weighted by Gasteiger charge is 2.77. The monoisotopic (exact) mass is 393 g/mol. The molecule has 2 bridgehead atoms. The number of hydrogen-bond acceptors (Lipinski definition) is 4. The van der Waals surface area contributed by atoms with Crippen molar-refractivity contribution in [1.29, 1.82) is 0 Å². The number of carbonyl (C=O) groups is 2. The molecule has 1 spiro atoms. The van der Waals surface area contributed by atoms with Gasteiger partial charge in [0.05, 0.1) is 22.2 Å². The second-order valence-electron chi connectivity index (χ2n) is 8.47. The van der Waals surface area contributed by atoms with Crippen molar-refractivity contribution in [3.63, 3.8) is 0 Å². The minimum Gasteiger partial charge on any atom is -0.365 e. The van der Waals surface area contributed by atoms with Crippen molar-refractivity contribution in [3.8, 4) is 0 Å². The molecule has 2 N–H and O–H groups in total. The standard InChI is InChI=1S/C20H25F2N3O3/c1-25(2)17(27)19-10-18(11-19,28-20(19)5-7-23-8-6-20)12-24-16(26)14-4-3-13(21)9-15(14)22/h3-4,9,23H,5-8,10-12H2,1-2H3,(H,24,26). The summed E-state index contributed by atoms with van der Waals surface area (Å²) in [6.45, 7) is 1.76. The smallest absolute Gasteiger partial charge is 0.254 e. The summed E-state index contributed by atoms with van der Waals surface area (Å²) in [5.74, 6) is -2.18. The first-order valence-electron chi connectivity index (χ1n) is 9.59. The summed E-state index contributed by atoms with van der Waals surface area (Å²) in [4.78, 5) is 27.0. The SMILES string of the molecule is CN(C)C(=O)C12CC(CNC(=O)c3ccc(F)cc3F)(C1)OC21CCNCC1. The summed E-state index contributed by atoms with van der Waals surface area (Å²) < 4.78 is 33.4. The Balaban J connectivity index is 1.51. The third-order valence-electron chi connectivity index (χ3n) is 6.51. The summed E-state index contributed by atoms with van der Waals surface area (Å²) in [7, 11) is 3.51. The van der Waals surface area contributed by atoms with Crippen molar-refractivity contribution < 1.29 is 23.1 Å². The summed E-state index contributed by atoms with van der Waals surface area (Å²) in [5.41, 5.74) is -1.91. The van der Waals surface area contributed by atoms with Crippen LogP contribution in [0.3, 0.4) is 0 Å². The number of rotatable bonds is 4. The largest absolute Gasteiger partial charge is 0.365 e. The van der Waals surface area contributed by atoms with Crippen LogP contribution in [0.2, 0.25) is 0 Å². The number of ether oxygens (including phenoxy) is 1. The van der Waals surface area contributed by atoms with Gasteiger partial charge in [-0.05, 0) is 50.9 Å². The first-order chi connectivity index (χ1) is 13.2. The van der Waals surface area contributed by atoms with Crippen LogP contribution in [-0.4, -0.2) is 61.6 Å². The molecule has 5 rings (SSSR count). The predicted molar refractivity (Wildman–Crippen MR) is 97.7 cm³/mol. The lowest BCUT2D eigenvalue weighted by Crippen LogP contribution is -2.61. The summed E-state index contributed by atoms with van der Waals surface area (Å²) in [6.07, 6.45) is 2.58. The molecule has 0 aromatic heterocycles. The third-order valence-corrected chi connectivity index (χ3v) is 6.51. The van der Waals surface area contributed by atoms with Gasteiger partial charge in [-0.1, -0.05) is 0 Å². The molecule has 1 aromatic carbocycles. The molecule has 1 saturated carbocycles. The number of piperidine rings is 1. The van der Waals surface area contributed by atoms with Crippen LogP contribution in [0.15, 0.2) is 18.2 Å². The van der Waals surface area contributed by atoms with Crippen LogP contribution >= 0.6 is 0 Å². The van der Waals surface area contributed by atoms with Gasteiger partial charge < -0.3 is 20.3 Å². The Morgan fingerprint density at radius 1 is 1.21 bits per heavy atom. The molecule has 6 nitrogen and oxygen atoms in total. The molecule has 0 atom stereocenters. The molecule has 8 heteroatoms. The first kappa shape index (κ1) is 19.3. The van der Waals surface area contributed by atoms with Crippen LogP contribution in [0.5, 0.6) is 0 Å². The van der Waals surface area contributed by atoms with Crippen molar-refractivity contribution in [2.24, 2.45) is 5.41 Å². The fourth-order valence-corrected chi connectivity index (χ4v) is 5.31. The summed E-state index contributed by atoms with van der Waals surface area (Å²) >= 11 is 0. The number of nitrogens with zero attached hydrogens (tertiary/aromatic N) is 1. The van der Waals surface area contributed by atoms with E-state index in [0.717, 1.165) is 38.1 Å². The lowest BCUT2D eigenvalue weighted by molar-refractivity contribution is -0.149. The van der Waals surface area contributed by atoms with E-state index < -0.39 is 34.2 Å². The fraction of sp³-hybridized carbons (Fsp3) is 0.600. The number of carbonyl (C=O) groups excluding carboxylic acids is 2. The van der Waals surface area contributed by atoms with Crippen LogP contribution in [0.1, 0.15) is 36.0 Å². The highest BCUT2D eigenvalue weighted by atomic mass is 19.1. The molecular formula is C20H25F2N3O3. The molecule has 2 amide bonds. The van der Waals surface area contributed by atoms with E-state index in [9.17, 15) is 18.4 Å². The van der Waals surface area contributed by atoms with Gasteiger partial charge in [-0.2, -0.15) is 0 Å². The lowest BCUT2D eigenvalue weighted by atomic mass is 9.53. The third kappa shape index (κ3) is 2.73. The minimum atomic E-state index is -0.900.